The molecule has 0 fully saturated rings. The first-order valence-corrected chi connectivity index (χ1v) is 12.2. The van der Waals surface area contributed by atoms with Crippen LogP contribution in [0.15, 0.2) is 36.4 Å². The summed E-state index contributed by atoms with van der Waals surface area (Å²) in [4.78, 5) is 2.43. The second kappa shape index (κ2) is 8.72. The molecule has 3 N–H and O–H groups in total. The minimum absolute atomic E-state index is 0.124. The molecule has 1 atom stereocenters. The van der Waals surface area contributed by atoms with Crippen molar-refractivity contribution < 1.29 is 0 Å². The molecule has 0 saturated carbocycles. The Hall–Kier alpha value is -3.45. The van der Waals surface area contributed by atoms with Crippen LogP contribution in [0, 0.1) is 39.0 Å². The molecule has 4 heteroatoms. The number of nitrogens with zero attached hydrogens (tertiary/aromatic N) is 2. The van der Waals surface area contributed by atoms with Gasteiger partial charge in [0.2, 0.25) is 0 Å². The van der Waals surface area contributed by atoms with Crippen LogP contribution < -0.4 is 16.0 Å². The lowest BCUT2D eigenvalue weighted by Gasteiger charge is -2.33. The van der Waals surface area contributed by atoms with Crippen molar-refractivity contribution in [2.75, 3.05) is 16.0 Å². The SMILES string of the molecule is Cc1c(C)c(C)c2c(c1C)NC(c1c(C(C)C)cc(C#N)c(N)c1C(C)C)N2c1ccccc1. The number of nitrogens with two attached hydrogens (primary N) is 1. The Morgan fingerprint density at radius 3 is 2.09 bits per heavy atom. The molecule has 4 rings (SSSR count). The second-order valence-electron chi connectivity index (χ2n) is 10.2. The molecule has 0 amide bonds. The first-order chi connectivity index (χ1) is 16.1. The van der Waals surface area contributed by atoms with Crippen LogP contribution >= 0.6 is 0 Å². The zero-order chi connectivity index (χ0) is 24.9. The van der Waals surface area contributed by atoms with Crippen LogP contribution in [0.4, 0.5) is 22.7 Å². The maximum Gasteiger partial charge on any atom is 0.131 e. The number of anilines is 4. The lowest BCUT2D eigenvalue weighted by Crippen LogP contribution is -2.27. The van der Waals surface area contributed by atoms with Crippen molar-refractivity contribution in [3.8, 4) is 6.07 Å². The monoisotopic (exact) mass is 452 g/mol. The summed E-state index contributed by atoms with van der Waals surface area (Å²) >= 11 is 0. The van der Waals surface area contributed by atoms with Gasteiger partial charge in [0.05, 0.1) is 22.6 Å². The van der Waals surface area contributed by atoms with E-state index in [-0.39, 0.29) is 18.0 Å². The molecule has 3 aromatic carbocycles. The summed E-state index contributed by atoms with van der Waals surface area (Å²) in [7, 11) is 0. The summed E-state index contributed by atoms with van der Waals surface area (Å²) < 4.78 is 0. The summed E-state index contributed by atoms with van der Waals surface area (Å²) in [6.45, 7) is 17.6. The van der Waals surface area contributed by atoms with Crippen molar-refractivity contribution in [3.63, 3.8) is 0 Å². The molecule has 0 radical (unpaired) electrons. The Balaban J connectivity index is 2.11. The van der Waals surface area contributed by atoms with Crippen LogP contribution in [-0.2, 0) is 0 Å². The Labute approximate surface area is 204 Å². The maximum absolute atomic E-state index is 9.84. The minimum atomic E-state index is -0.124. The summed E-state index contributed by atoms with van der Waals surface area (Å²) in [6.07, 6.45) is -0.124. The number of fused-ring (bicyclic) bond motifs is 1. The Kier molecular flexibility index (Phi) is 6.08. The van der Waals surface area contributed by atoms with Crippen molar-refractivity contribution in [1.82, 2.24) is 0 Å². The van der Waals surface area contributed by atoms with Crippen molar-refractivity contribution in [2.24, 2.45) is 0 Å². The van der Waals surface area contributed by atoms with E-state index in [1.165, 1.54) is 44.8 Å². The number of benzene rings is 3. The zero-order valence-electron chi connectivity index (χ0n) is 21.7. The first kappa shape index (κ1) is 23.7. The molecule has 1 unspecified atom stereocenters. The average Bonchev–Trinajstić information content (AvgIpc) is 3.21. The van der Waals surface area contributed by atoms with E-state index in [0.717, 1.165) is 11.3 Å². The zero-order valence-corrected chi connectivity index (χ0v) is 21.7. The highest BCUT2D eigenvalue weighted by Crippen LogP contribution is 2.53. The normalized spacial score (nSPS) is 15.0. The summed E-state index contributed by atoms with van der Waals surface area (Å²) in [5, 5.41) is 13.8. The standard InChI is InChI=1S/C30H36N4/c1-16(2)24-14-22(15-31)27(32)25(17(3)4)26(24)30-33-28-20(7)18(5)19(6)21(8)29(28)34(30)23-12-10-9-11-13-23/h9-14,16-17,30,33H,32H2,1-8H3. The van der Waals surface area contributed by atoms with Crippen molar-refractivity contribution in [2.45, 2.75) is 73.4 Å². The smallest absolute Gasteiger partial charge is 0.131 e. The molecule has 176 valence electrons. The lowest BCUT2D eigenvalue weighted by atomic mass is 9.83. The fraction of sp³-hybridized carbons (Fsp3) is 0.367. The van der Waals surface area contributed by atoms with Gasteiger partial charge in [-0.2, -0.15) is 5.26 Å². The quantitative estimate of drug-likeness (QED) is 0.395. The summed E-state index contributed by atoms with van der Waals surface area (Å²) in [6, 6.07) is 14.9. The second-order valence-corrected chi connectivity index (χ2v) is 10.2. The van der Waals surface area contributed by atoms with Crippen LogP contribution in [0.25, 0.3) is 0 Å². The summed E-state index contributed by atoms with van der Waals surface area (Å²) in [5.41, 5.74) is 20.0. The fourth-order valence-corrected chi connectivity index (χ4v) is 5.42. The lowest BCUT2D eigenvalue weighted by molar-refractivity contribution is 0.737. The van der Waals surface area contributed by atoms with Gasteiger partial charge in [0.25, 0.3) is 0 Å². The maximum atomic E-state index is 9.84. The van der Waals surface area contributed by atoms with Gasteiger partial charge in [0, 0.05) is 11.3 Å². The van der Waals surface area contributed by atoms with Gasteiger partial charge in [-0.05, 0) is 91.1 Å². The van der Waals surface area contributed by atoms with Crippen LogP contribution in [0.1, 0.15) is 90.2 Å². The molecule has 1 aliphatic rings. The van der Waals surface area contributed by atoms with Gasteiger partial charge >= 0.3 is 0 Å². The van der Waals surface area contributed by atoms with Gasteiger partial charge < -0.3 is 16.0 Å². The predicted molar refractivity (Wildman–Crippen MR) is 144 cm³/mol. The topological polar surface area (TPSA) is 65.1 Å². The van der Waals surface area contributed by atoms with Gasteiger partial charge in [-0.15, -0.1) is 0 Å². The highest BCUT2D eigenvalue weighted by Gasteiger charge is 2.38. The number of rotatable bonds is 4. The third-order valence-electron chi connectivity index (χ3n) is 7.54. The number of nitrogen functional groups attached to an aromatic ring is 1. The molecule has 0 bridgehead atoms. The van der Waals surface area contributed by atoms with Crippen LogP contribution in [-0.4, -0.2) is 0 Å². The van der Waals surface area contributed by atoms with E-state index in [1.54, 1.807) is 0 Å². The average molecular weight is 453 g/mol. The molecule has 34 heavy (non-hydrogen) atoms. The third kappa shape index (κ3) is 3.51. The number of nitriles is 1. The van der Waals surface area contributed by atoms with E-state index >= 15 is 0 Å². The van der Waals surface area contributed by atoms with Gasteiger partial charge in [0.15, 0.2) is 0 Å². The molecule has 1 heterocycles. The molecule has 0 aromatic heterocycles. The highest BCUT2D eigenvalue weighted by atomic mass is 15.3. The van der Waals surface area contributed by atoms with Crippen molar-refractivity contribution in [3.05, 3.63) is 80.9 Å². The van der Waals surface area contributed by atoms with E-state index in [0.29, 0.717) is 11.3 Å². The number of para-hydroxylation sites is 1. The van der Waals surface area contributed by atoms with Gasteiger partial charge in [0.1, 0.15) is 12.2 Å². The molecule has 3 aromatic rings. The third-order valence-corrected chi connectivity index (χ3v) is 7.54. The fourth-order valence-electron chi connectivity index (χ4n) is 5.42. The molecule has 4 nitrogen and oxygen atoms in total. The van der Waals surface area contributed by atoms with Gasteiger partial charge in [-0.1, -0.05) is 45.9 Å². The molecule has 0 aliphatic carbocycles. The number of hydrogen-bond donors (Lipinski definition) is 2. The molecular formula is C30H36N4. The van der Waals surface area contributed by atoms with Gasteiger partial charge in [-0.25, -0.2) is 0 Å². The molecule has 1 aliphatic heterocycles. The molecule has 0 spiro atoms. The number of nitrogens with one attached hydrogen (secondary N) is 1. The minimum Gasteiger partial charge on any atom is -0.397 e. The van der Waals surface area contributed by atoms with Crippen LogP contribution in [0.5, 0.6) is 0 Å². The van der Waals surface area contributed by atoms with E-state index < -0.39 is 0 Å². The van der Waals surface area contributed by atoms with E-state index in [9.17, 15) is 5.26 Å². The highest BCUT2D eigenvalue weighted by molar-refractivity contribution is 5.90. The Morgan fingerprint density at radius 1 is 0.912 bits per heavy atom. The Bertz CT molecular complexity index is 1300. The van der Waals surface area contributed by atoms with E-state index in [1.807, 2.05) is 6.07 Å². The van der Waals surface area contributed by atoms with Gasteiger partial charge in [-0.3, -0.25) is 0 Å². The molecular weight excluding hydrogens is 416 g/mol. The van der Waals surface area contributed by atoms with Crippen molar-refractivity contribution >= 4 is 22.7 Å². The van der Waals surface area contributed by atoms with Crippen LogP contribution in [0.2, 0.25) is 0 Å². The first-order valence-electron chi connectivity index (χ1n) is 12.2. The largest absolute Gasteiger partial charge is 0.397 e. The van der Waals surface area contributed by atoms with Crippen LogP contribution in [0.3, 0.4) is 0 Å². The summed E-state index contributed by atoms with van der Waals surface area (Å²) in [5.74, 6) is 0.420. The number of hydrogen-bond acceptors (Lipinski definition) is 4. The molecule has 0 saturated heterocycles. The van der Waals surface area contributed by atoms with Crippen molar-refractivity contribution in [1.29, 1.82) is 5.26 Å². The van der Waals surface area contributed by atoms with E-state index in [2.05, 4.69) is 102 Å². The Morgan fingerprint density at radius 2 is 1.53 bits per heavy atom. The van der Waals surface area contributed by atoms with E-state index in [4.69, 9.17) is 5.73 Å². The predicted octanol–water partition coefficient (Wildman–Crippen LogP) is 7.88.